The average Bonchev–Trinajstić information content (AvgIpc) is 1.90. The molecule has 0 aliphatic carbocycles. The van der Waals surface area contributed by atoms with E-state index in [0.29, 0.717) is 5.15 Å². The van der Waals surface area contributed by atoms with Gasteiger partial charge in [0.2, 0.25) is 0 Å². The molecule has 0 bridgehead atoms. The van der Waals surface area contributed by atoms with E-state index < -0.39 is 0 Å². The molecule has 1 rings (SSSR count). The summed E-state index contributed by atoms with van der Waals surface area (Å²) < 4.78 is 0.988. The van der Waals surface area contributed by atoms with Gasteiger partial charge in [-0.15, -0.1) is 0 Å². The number of halogens is 2. The van der Waals surface area contributed by atoms with E-state index in [0.717, 1.165) is 4.43 Å². The van der Waals surface area contributed by atoms with Crippen molar-refractivity contribution in [2.75, 3.05) is 0 Å². The number of rotatable bonds is 1. The lowest BCUT2D eigenvalue weighted by atomic mass is 10.3. The van der Waals surface area contributed by atoms with E-state index in [1.54, 1.807) is 12.3 Å². The van der Waals surface area contributed by atoms with Gasteiger partial charge >= 0.3 is 0 Å². The first-order valence-corrected chi connectivity index (χ1v) is 4.39. The van der Waals surface area contributed by atoms with E-state index in [-0.39, 0.29) is 0 Å². The lowest BCUT2D eigenvalue weighted by Gasteiger charge is -1.91. The van der Waals surface area contributed by atoms with Crippen molar-refractivity contribution in [3.8, 4) is 0 Å². The van der Waals surface area contributed by atoms with E-state index >= 15 is 0 Å². The van der Waals surface area contributed by atoms with Crippen LogP contribution in [0.1, 0.15) is 5.56 Å². The van der Waals surface area contributed by atoms with E-state index in [1.165, 1.54) is 5.56 Å². The van der Waals surface area contributed by atoms with E-state index in [9.17, 15) is 0 Å². The Kier molecular flexibility index (Phi) is 2.72. The smallest absolute Gasteiger partial charge is 0.129 e. The second-order valence-electron chi connectivity index (χ2n) is 1.62. The number of pyridine rings is 1. The van der Waals surface area contributed by atoms with Crippen LogP contribution < -0.4 is 0 Å². The molecule has 0 aliphatic heterocycles. The zero-order valence-corrected chi connectivity index (χ0v) is 7.56. The second-order valence-corrected chi connectivity index (χ2v) is 2.77. The minimum atomic E-state index is 0.559. The molecule has 0 spiro atoms. The summed E-state index contributed by atoms with van der Waals surface area (Å²) >= 11 is 7.84. The monoisotopic (exact) mass is 253 g/mol. The van der Waals surface area contributed by atoms with Gasteiger partial charge < -0.3 is 0 Å². The zero-order chi connectivity index (χ0) is 6.69. The summed E-state index contributed by atoms with van der Waals surface area (Å²) in [5.74, 6) is 0. The summed E-state index contributed by atoms with van der Waals surface area (Å²) in [5, 5.41) is 0.559. The highest BCUT2D eigenvalue weighted by atomic mass is 127. The van der Waals surface area contributed by atoms with Crippen molar-refractivity contribution < 1.29 is 0 Å². The van der Waals surface area contributed by atoms with Crippen LogP contribution in [0.15, 0.2) is 18.3 Å². The van der Waals surface area contributed by atoms with Gasteiger partial charge in [0.15, 0.2) is 0 Å². The van der Waals surface area contributed by atoms with Crippen LogP contribution >= 0.6 is 34.2 Å². The molecule has 1 aromatic rings. The Labute approximate surface area is 72.6 Å². The highest BCUT2D eigenvalue weighted by molar-refractivity contribution is 14.1. The molecule has 1 heterocycles. The number of nitrogens with zero attached hydrogens (tertiary/aromatic N) is 1. The van der Waals surface area contributed by atoms with Crippen molar-refractivity contribution in [2.24, 2.45) is 0 Å². The molecule has 48 valence electrons. The van der Waals surface area contributed by atoms with E-state index in [1.807, 2.05) is 6.07 Å². The standard InChI is InChI=1S/C6H5ClIN/c7-6-2-1-5(3-8)4-9-6/h1-2,4H,3H2. The van der Waals surface area contributed by atoms with Crippen LogP contribution in [-0.4, -0.2) is 4.98 Å². The fourth-order valence-corrected chi connectivity index (χ4v) is 1.05. The van der Waals surface area contributed by atoms with Crippen molar-refractivity contribution in [1.29, 1.82) is 0 Å². The molecule has 0 unspecified atom stereocenters. The van der Waals surface area contributed by atoms with Gasteiger partial charge in [0, 0.05) is 10.6 Å². The van der Waals surface area contributed by atoms with Crippen molar-refractivity contribution in [2.45, 2.75) is 4.43 Å². The van der Waals surface area contributed by atoms with Crippen molar-refractivity contribution in [1.82, 2.24) is 4.98 Å². The molecule has 9 heavy (non-hydrogen) atoms. The number of aromatic nitrogens is 1. The molecule has 1 aromatic heterocycles. The fraction of sp³-hybridized carbons (Fsp3) is 0.167. The summed E-state index contributed by atoms with van der Waals surface area (Å²) in [6.07, 6.45) is 1.79. The summed E-state index contributed by atoms with van der Waals surface area (Å²) in [6.45, 7) is 0. The van der Waals surface area contributed by atoms with Crippen LogP contribution in [-0.2, 0) is 4.43 Å². The Hall–Kier alpha value is 0.170. The van der Waals surface area contributed by atoms with Crippen molar-refractivity contribution in [3.63, 3.8) is 0 Å². The van der Waals surface area contributed by atoms with Crippen LogP contribution in [0.3, 0.4) is 0 Å². The number of hydrogen-bond acceptors (Lipinski definition) is 1. The SMILES string of the molecule is Clc1ccc(CI)cn1. The van der Waals surface area contributed by atoms with Gasteiger partial charge in [0.05, 0.1) is 0 Å². The second kappa shape index (κ2) is 3.37. The van der Waals surface area contributed by atoms with Gasteiger partial charge in [-0.25, -0.2) is 4.98 Å². The van der Waals surface area contributed by atoms with Crippen LogP contribution in [0.4, 0.5) is 0 Å². The van der Waals surface area contributed by atoms with E-state index in [2.05, 4.69) is 27.6 Å². The maximum absolute atomic E-state index is 5.56. The van der Waals surface area contributed by atoms with Gasteiger partial charge in [-0.1, -0.05) is 40.3 Å². The summed E-state index contributed by atoms with van der Waals surface area (Å²) in [4.78, 5) is 3.91. The van der Waals surface area contributed by atoms with Gasteiger partial charge in [0.1, 0.15) is 5.15 Å². The lowest BCUT2D eigenvalue weighted by Crippen LogP contribution is -1.78. The maximum atomic E-state index is 5.56. The number of alkyl halides is 1. The Morgan fingerprint density at radius 2 is 2.33 bits per heavy atom. The molecule has 1 nitrogen and oxygen atoms in total. The molecule has 3 heteroatoms. The topological polar surface area (TPSA) is 12.9 Å². The quantitative estimate of drug-likeness (QED) is 0.426. The fourth-order valence-electron chi connectivity index (χ4n) is 0.485. The van der Waals surface area contributed by atoms with Crippen LogP contribution in [0.25, 0.3) is 0 Å². The van der Waals surface area contributed by atoms with Gasteiger partial charge in [-0.05, 0) is 11.6 Å². The Morgan fingerprint density at radius 3 is 2.78 bits per heavy atom. The Balaban J connectivity index is 2.88. The Bertz CT molecular complexity index is 185. The van der Waals surface area contributed by atoms with Gasteiger partial charge in [-0.3, -0.25) is 0 Å². The summed E-state index contributed by atoms with van der Waals surface area (Å²) in [5.41, 5.74) is 1.21. The molecule has 0 amide bonds. The zero-order valence-electron chi connectivity index (χ0n) is 4.64. The third-order valence-corrected chi connectivity index (χ3v) is 2.05. The maximum Gasteiger partial charge on any atom is 0.129 e. The molecule has 0 saturated carbocycles. The minimum Gasteiger partial charge on any atom is -0.244 e. The Morgan fingerprint density at radius 1 is 1.56 bits per heavy atom. The highest BCUT2D eigenvalue weighted by Crippen LogP contribution is 2.07. The van der Waals surface area contributed by atoms with Crippen molar-refractivity contribution >= 4 is 34.2 Å². The number of hydrogen-bond donors (Lipinski definition) is 0. The highest BCUT2D eigenvalue weighted by Gasteiger charge is 1.88. The molecule has 0 atom stereocenters. The predicted octanol–water partition coefficient (Wildman–Crippen LogP) is 2.67. The first-order chi connectivity index (χ1) is 4.33. The van der Waals surface area contributed by atoms with Crippen molar-refractivity contribution in [3.05, 3.63) is 29.0 Å². The van der Waals surface area contributed by atoms with Gasteiger partial charge in [-0.2, -0.15) is 0 Å². The molecule has 0 aromatic carbocycles. The molecule has 0 N–H and O–H groups in total. The normalized spacial score (nSPS) is 9.56. The average molecular weight is 253 g/mol. The molecule has 0 radical (unpaired) electrons. The van der Waals surface area contributed by atoms with E-state index in [4.69, 9.17) is 11.6 Å². The molecular weight excluding hydrogens is 248 g/mol. The molecule has 0 saturated heterocycles. The minimum absolute atomic E-state index is 0.559. The summed E-state index contributed by atoms with van der Waals surface area (Å²) in [6, 6.07) is 3.78. The third-order valence-electron chi connectivity index (χ3n) is 0.943. The molecule has 0 fully saturated rings. The van der Waals surface area contributed by atoms with Crippen LogP contribution in [0.5, 0.6) is 0 Å². The predicted molar refractivity (Wildman–Crippen MR) is 47.0 cm³/mol. The molecular formula is C6H5ClIN. The molecule has 0 aliphatic rings. The lowest BCUT2D eigenvalue weighted by molar-refractivity contribution is 1.26. The largest absolute Gasteiger partial charge is 0.244 e. The first-order valence-electron chi connectivity index (χ1n) is 2.49. The van der Waals surface area contributed by atoms with Gasteiger partial charge in [0.25, 0.3) is 0 Å². The first kappa shape index (κ1) is 7.28. The van der Waals surface area contributed by atoms with Crippen LogP contribution in [0.2, 0.25) is 5.15 Å². The summed E-state index contributed by atoms with van der Waals surface area (Å²) in [7, 11) is 0. The van der Waals surface area contributed by atoms with Crippen LogP contribution in [0, 0.1) is 0 Å². The third kappa shape index (κ3) is 2.10.